The van der Waals surface area contributed by atoms with Crippen molar-refractivity contribution in [2.24, 2.45) is 0 Å². The van der Waals surface area contributed by atoms with Crippen molar-refractivity contribution in [3.05, 3.63) is 51.5 Å². The van der Waals surface area contributed by atoms with Gasteiger partial charge in [-0.15, -0.1) is 0 Å². The molecule has 0 aliphatic carbocycles. The summed E-state index contributed by atoms with van der Waals surface area (Å²) in [5, 5.41) is 3.35. The van der Waals surface area contributed by atoms with Gasteiger partial charge in [0, 0.05) is 11.4 Å². The Morgan fingerprint density at radius 3 is 2.48 bits per heavy atom. The van der Waals surface area contributed by atoms with Gasteiger partial charge in [-0.3, -0.25) is 4.79 Å². The smallest absolute Gasteiger partial charge is 0.224 e. The fourth-order valence-corrected chi connectivity index (χ4v) is 3.10. The lowest BCUT2D eigenvalue weighted by Crippen LogP contribution is -2.13. The van der Waals surface area contributed by atoms with E-state index in [0.717, 1.165) is 11.3 Å². The average molecular weight is 399 g/mol. The first-order valence-electron chi connectivity index (χ1n) is 6.99. The number of carbonyl (C=O) groups is 1. The minimum absolute atomic E-state index is 0.103. The Morgan fingerprint density at radius 1 is 1.17 bits per heavy atom. The zero-order chi connectivity index (χ0) is 16.8. The lowest BCUT2D eigenvalue weighted by atomic mass is 10.1. The van der Waals surface area contributed by atoms with Crippen LogP contribution in [0.4, 0.5) is 5.69 Å². The first-order valence-corrected chi connectivity index (χ1v) is 8.16. The van der Waals surface area contributed by atoms with Crippen molar-refractivity contribution >= 4 is 39.1 Å². The normalized spacial score (nSPS) is 10.3. The minimum atomic E-state index is -0.103. The highest BCUT2D eigenvalue weighted by atomic mass is 79.9. The van der Waals surface area contributed by atoms with Gasteiger partial charge >= 0.3 is 0 Å². The Bertz CT molecular complexity index is 689. The largest absolute Gasteiger partial charge is 0.497 e. The molecule has 0 saturated carbocycles. The third kappa shape index (κ3) is 4.88. The Hall–Kier alpha value is -1.72. The summed E-state index contributed by atoms with van der Waals surface area (Å²) in [4.78, 5) is 12.1. The molecular formula is C17H17BrClNO3. The molecule has 0 radical (unpaired) electrons. The number of hydrogen-bond donors (Lipinski definition) is 1. The van der Waals surface area contributed by atoms with Crippen LogP contribution in [-0.2, 0) is 11.2 Å². The number of aryl methyl sites for hydroxylation is 1. The second-order valence-corrected chi connectivity index (χ2v) is 6.16. The van der Waals surface area contributed by atoms with Crippen LogP contribution in [0.25, 0.3) is 0 Å². The van der Waals surface area contributed by atoms with E-state index in [0.29, 0.717) is 33.8 Å². The zero-order valence-electron chi connectivity index (χ0n) is 12.9. The highest BCUT2D eigenvalue weighted by molar-refractivity contribution is 9.10. The Labute approximate surface area is 148 Å². The highest BCUT2D eigenvalue weighted by Gasteiger charge is 2.12. The molecule has 2 rings (SSSR count). The fourth-order valence-electron chi connectivity index (χ4n) is 2.12. The van der Waals surface area contributed by atoms with Gasteiger partial charge in [0.05, 0.1) is 24.4 Å². The molecular weight excluding hydrogens is 382 g/mol. The number of hydrogen-bond acceptors (Lipinski definition) is 3. The summed E-state index contributed by atoms with van der Waals surface area (Å²) >= 11 is 9.38. The van der Waals surface area contributed by atoms with E-state index >= 15 is 0 Å². The van der Waals surface area contributed by atoms with Crippen molar-refractivity contribution in [3.63, 3.8) is 0 Å². The number of nitrogens with one attached hydrogen (secondary N) is 1. The number of halogens is 2. The van der Waals surface area contributed by atoms with Crippen molar-refractivity contribution < 1.29 is 14.3 Å². The molecule has 0 bridgehead atoms. The maximum Gasteiger partial charge on any atom is 0.224 e. The lowest BCUT2D eigenvalue weighted by molar-refractivity contribution is -0.116. The molecule has 0 atom stereocenters. The maximum atomic E-state index is 12.1. The second kappa shape index (κ2) is 8.22. The third-order valence-electron chi connectivity index (χ3n) is 3.29. The van der Waals surface area contributed by atoms with E-state index in [9.17, 15) is 4.79 Å². The number of ether oxygens (including phenoxy) is 2. The summed E-state index contributed by atoms with van der Waals surface area (Å²) in [5.41, 5.74) is 1.62. The summed E-state index contributed by atoms with van der Waals surface area (Å²) in [7, 11) is 3.17. The Morgan fingerprint density at radius 2 is 1.87 bits per heavy atom. The van der Waals surface area contributed by atoms with Gasteiger partial charge in [-0.1, -0.05) is 23.7 Å². The fraction of sp³-hybridized carbons (Fsp3) is 0.235. The standard InChI is InChI=1S/C17H17BrClNO3/c1-22-13-6-3-11(4-7-13)5-8-16(21)20-15-10-12(19)9-14(18)17(15)23-2/h3-4,6-7,9-10H,5,8H2,1-2H3,(H,20,21). The average Bonchev–Trinajstić information content (AvgIpc) is 2.53. The van der Waals surface area contributed by atoms with E-state index in [2.05, 4.69) is 21.2 Å². The summed E-state index contributed by atoms with van der Waals surface area (Å²) in [6, 6.07) is 11.0. The molecule has 4 nitrogen and oxygen atoms in total. The quantitative estimate of drug-likeness (QED) is 0.768. The number of methoxy groups -OCH3 is 2. The topological polar surface area (TPSA) is 47.6 Å². The van der Waals surface area contributed by atoms with Crippen LogP contribution in [0.15, 0.2) is 40.9 Å². The lowest BCUT2D eigenvalue weighted by Gasteiger charge is -2.12. The number of rotatable bonds is 6. The van der Waals surface area contributed by atoms with Crippen LogP contribution in [0.1, 0.15) is 12.0 Å². The molecule has 1 amide bonds. The van der Waals surface area contributed by atoms with Gasteiger partial charge in [-0.2, -0.15) is 0 Å². The van der Waals surface area contributed by atoms with Gasteiger partial charge in [0.15, 0.2) is 5.75 Å². The molecule has 0 heterocycles. The van der Waals surface area contributed by atoms with Crippen LogP contribution < -0.4 is 14.8 Å². The molecule has 0 fully saturated rings. The molecule has 0 aliphatic rings. The van der Waals surface area contributed by atoms with Crippen molar-refractivity contribution in [2.45, 2.75) is 12.8 Å². The van der Waals surface area contributed by atoms with E-state index in [-0.39, 0.29) is 5.91 Å². The van der Waals surface area contributed by atoms with Gasteiger partial charge in [0.2, 0.25) is 5.91 Å². The predicted octanol–water partition coefficient (Wildman–Crippen LogP) is 4.69. The molecule has 2 aromatic rings. The Kier molecular flexibility index (Phi) is 6.30. The van der Waals surface area contributed by atoms with Gasteiger partial charge < -0.3 is 14.8 Å². The van der Waals surface area contributed by atoms with E-state index in [1.54, 1.807) is 26.4 Å². The van der Waals surface area contributed by atoms with Gasteiger partial charge in [-0.05, 0) is 52.2 Å². The highest BCUT2D eigenvalue weighted by Crippen LogP contribution is 2.36. The number of carbonyl (C=O) groups excluding carboxylic acids is 1. The first kappa shape index (κ1) is 17.6. The minimum Gasteiger partial charge on any atom is -0.497 e. The number of anilines is 1. The second-order valence-electron chi connectivity index (χ2n) is 4.86. The van der Waals surface area contributed by atoms with Crippen molar-refractivity contribution in [1.29, 1.82) is 0 Å². The summed E-state index contributed by atoms with van der Waals surface area (Å²) in [6.07, 6.45) is 0.999. The molecule has 0 unspecified atom stereocenters. The molecule has 23 heavy (non-hydrogen) atoms. The van der Waals surface area contributed by atoms with Crippen LogP contribution in [-0.4, -0.2) is 20.1 Å². The Balaban J connectivity index is 1.99. The third-order valence-corrected chi connectivity index (χ3v) is 4.09. The van der Waals surface area contributed by atoms with Crippen LogP contribution in [0, 0.1) is 0 Å². The summed E-state index contributed by atoms with van der Waals surface area (Å²) in [5.74, 6) is 1.24. The van der Waals surface area contributed by atoms with Crippen LogP contribution in [0.2, 0.25) is 5.02 Å². The molecule has 0 aliphatic heterocycles. The molecule has 0 spiro atoms. The molecule has 0 saturated heterocycles. The van der Waals surface area contributed by atoms with Crippen LogP contribution in [0.3, 0.4) is 0 Å². The number of amides is 1. The SMILES string of the molecule is COc1ccc(CCC(=O)Nc2cc(Cl)cc(Br)c2OC)cc1. The van der Waals surface area contributed by atoms with E-state index in [1.807, 2.05) is 24.3 Å². The molecule has 6 heteroatoms. The first-order chi connectivity index (χ1) is 11.0. The van der Waals surface area contributed by atoms with Crippen molar-refractivity contribution in [1.82, 2.24) is 0 Å². The van der Waals surface area contributed by atoms with Gasteiger partial charge in [0.1, 0.15) is 5.75 Å². The zero-order valence-corrected chi connectivity index (χ0v) is 15.2. The van der Waals surface area contributed by atoms with E-state index in [1.165, 1.54) is 0 Å². The van der Waals surface area contributed by atoms with Gasteiger partial charge in [-0.25, -0.2) is 0 Å². The molecule has 0 aromatic heterocycles. The van der Waals surface area contributed by atoms with Crippen molar-refractivity contribution in [2.75, 3.05) is 19.5 Å². The monoisotopic (exact) mass is 397 g/mol. The van der Waals surface area contributed by atoms with E-state index in [4.69, 9.17) is 21.1 Å². The number of benzene rings is 2. The van der Waals surface area contributed by atoms with Crippen molar-refractivity contribution in [3.8, 4) is 11.5 Å². The molecule has 122 valence electrons. The molecule has 2 aromatic carbocycles. The van der Waals surface area contributed by atoms with Crippen LogP contribution >= 0.6 is 27.5 Å². The molecule has 1 N–H and O–H groups in total. The van der Waals surface area contributed by atoms with Gasteiger partial charge in [0.25, 0.3) is 0 Å². The summed E-state index contributed by atoms with van der Waals surface area (Å²) < 4.78 is 11.1. The summed E-state index contributed by atoms with van der Waals surface area (Å²) in [6.45, 7) is 0. The van der Waals surface area contributed by atoms with E-state index < -0.39 is 0 Å². The predicted molar refractivity (Wildman–Crippen MR) is 95.6 cm³/mol. The van der Waals surface area contributed by atoms with Crippen LogP contribution in [0.5, 0.6) is 11.5 Å². The maximum absolute atomic E-state index is 12.1.